The number of ether oxygens (including phenoxy) is 1. The lowest BCUT2D eigenvalue weighted by Crippen LogP contribution is -2.68. The molecule has 0 bridgehead atoms. The molecule has 1 saturated heterocycles. The third-order valence-corrected chi connectivity index (χ3v) is 16.0. The molecule has 7 aliphatic rings. The number of ketones is 1. The van der Waals surface area contributed by atoms with E-state index in [1.807, 2.05) is 25.3 Å². The van der Waals surface area contributed by atoms with E-state index >= 15 is 0 Å². The Morgan fingerprint density at radius 2 is 1.84 bits per heavy atom. The van der Waals surface area contributed by atoms with Gasteiger partial charge in [-0.3, -0.25) is 4.79 Å². The molecule has 9 nitrogen and oxygen atoms in total. The van der Waals surface area contributed by atoms with Gasteiger partial charge in [0.25, 0.3) is 0 Å². The lowest BCUT2D eigenvalue weighted by atomic mass is 9.44. The summed E-state index contributed by atoms with van der Waals surface area (Å²) in [5, 5.41) is 64.0. The first-order chi connectivity index (χ1) is 24.2. The van der Waals surface area contributed by atoms with E-state index in [1.165, 1.54) is 25.7 Å². The van der Waals surface area contributed by atoms with Crippen molar-refractivity contribution in [2.24, 2.45) is 46.2 Å². The van der Waals surface area contributed by atoms with Crippen LogP contribution in [0.2, 0.25) is 0 Å². The monoisotopic (exact) mass is 710 g/mol. The number of fused-ring (bicyclic) bond motifs is 6. The van der Waals surface area contributed by atoms with Crippen molar-refractivity contribution in [3.8, 4) is 0 Å². The zero-order valence-corrected chi connectivity index (χ0v) is 31.4. The molecule has 0 aromatic carbocycles. The SMILES string of the molecule is CCCCCCC1COC2C1CCCCC2(O)C(C)(O)C1CCC2(O)C3=CC(=O)C4CC(O)C(O)CC4(CCC4=CNC(N)C=C4)C3CCC12C. The highest BCUT2D eigenvalue weighted by atomic mass is 16.5. The molecular formula is C42H66N2O7. The van der Waals surface area contributed by atoms with E-state index in [2.05, 4.69) is 19.2 Å². The van der Waals surface area contributed by atoms with Crippen LogP contribution in [0, 0.1) is 40.4 Å². The van der Waals surface area contributed by atoms with Crippen molar-refractivity contribution in [1.82, 2.24) is 5.32 Å². The first-order valence-corrected chi connectivity index (χ1v) is 20.5. The number of unbranched alkanes of at least 4 members (excludes halogenated alkanes) is 3. The molecule has 8 N–H and O–H groups in total. The van der Waals surface area contributed by atoms with Gasteiger partial charge in [0.2, 0.25) is 0 Å². The first-order valence-electron chi connectivity index (χ1n) is 20.5. The number of dihydropyridines is 1. The summed E-state index contributed by atoms with van der Waals surface area (Å²) >= 11 is 0. The van der Waals surface area contributed by atoms with Crippen molar-refractivity contribution < 1.29 is 35.1 Å². The number of hydrogen-bond acceptors (Lipinski definition) is 9. The molecule has 0 aromatic rings. The summed E-state index contributed by atoms with van der Waals surface area (Å²) in [6.45, 7) is 6.74. The van der Waals surface area contributed by atoms with Crippen molar-refractivity contribution in [2.75, 3.05) is 6.61 Å². The second-order valence-corrected chi connectivity index (χ2v) is 18.4. The molecule has 0 amide bonds. The third-order valence-electron chi connectivity index (χ3n) is 16.0. The Labute approximate surface area is 305 Å². The fourth-order valence-electron chi connectivity index (χ4n) is 13.1. The number of aliphatic hydroxyl groups is 5. The maximum Gasteiger partial charge on any atom is 0.159 e. The number of carbonyl (C=O) groups excluding carboxylic acids is 1. The van der Waals surface area contributed by atoms with Crippen LogP contribution in [-0.4, -0.2) is 79.2 Å². The highest BCUT2D eigenvalue weighted by Gasteiger charge is 2.72. The normalized spacial score (nSPS) is 47.5. The van der Waals surface area contributed by atoms with E-state index in [4.69, 9.17) is 10.5 Å². The molecule has 4 saturated carbocycles. The Morgan fingerprint density at radius 1 is 1.04 bits per heavy atom. The van der Waals surface area contributed by atoms with E-state index < -0.39 is 57.8 Å². The van der Waals surface area contributed by atoms with E-state index in [9.17, 15) is 30.3 Å². The zero-order valence-electron chi connectivity index (χ0n) is 31.4. The quantitative estimate of drug-likeness (QED) is 0.156. The molecule has 7 rings (SSSR count). The van der Waals surface area contributed by atoms with Gasteiger partial charge in [-0.2, -0.15) is 0 Å². The largest absolute Gasteiger partial charge is 0.390 e. The highest BCUT2D eigenvalue weighted by molar-refractivity contribution is 5.95. The summed E-state index contributed by atoms with van der Waals surface area (Å²) in [5.74, 6) is -0.494. The maximum absolute atomic E-state index is 14.2. The summed E-state index contributed by atoms with van der Waals surface area (Å²) in [6.07, 6.45) is 18.2. The summed E-state index contributed by atoms with van der Waals surface area (Å²) in [7, 11) is 0. The summed E-state index contributed by atoms with van der Waals surface area (Å²) in [6, 6.07) is 0. The van der Waals surface area contributed by atoms with Crippen LogP contribution in [0.3, 0.4) is 0 Å². The Hall–Kier alpha value is -1.59. The number of rotatable bonds is 10. The molecule has 2 heterocycles. The number of nitrogens with one attached hydrogen (secondary N) is 1. The Bertz CT molecular complexity index is 1410. The Morgan fingerprint density at radius 3 is 2.59 bits per heavy atom. The molecule has 0 aromatic heterocycles. The number of hydrogen-bond donors (Lipinski definition) is 7. The smallest absolute Gasteiger partial charge is 0.159 e. The van der Waals surface area contributed by atoms with Gasteiger partial charge in [-0.05, 0) is 130 Å². The van der Waals surface area contributed by atoms with E-state index in [1.54, 1.807) is 6.08 Å². The van der Waals surface area contributed by atoms with Crippen molar-refractivity contribution in [2.45, 2.75) is 171 Å². The molecule has 5 fully saturated rings. The van der Waals surface area contributed by atoms with Gasteiger partial charge in [-0.1, -0.05) is 58.4 Å². The second kappa shape index (κ2) is 13.9. The summed E-state index contributed by atoms with van der Waals surface area (Å²) in [5.41, 5.74) is 2.06. The number of aliphatic hydroxyl groups excluding tert-OH is 2. The van der Waals surface area contributed by atoms with Gasteiger partial charge in [0.1, 0.15) is 5.60 Å². The minimum absolute atomic E-state index is 0.0806. The van der Waals surface area contributed by atoms with Gasteiger partial charge in [0.05, 0.1) is 42.3 Å². The van der Waals surface area contributed by atoms with Crippen LogP contribution in [0.4, 0.5) is 0 Å². The van der Waals surface area contributed by atoms with E-state index in [0.717, 1.165) is 36.8 Å². The van der Waals surface area contributed by atoms with Crippen LogP contribution < -0.4 is 11.1 Å². The zero-order chi connectivity index (χ0) is 36.4. The van der Waals surface area contributed by atoms with Crippen LogP contribution >= 0.6 is 0 Å². The van der Waals surface area contributed by atoms with Crippen LogP contribution in [0.25, 0.3) is 0 Å². The molecule has 9 heteroatoms. The molecule has 14 unspecified atom stereocenters. The molecule has 14 atom stereocenters. The fourth-order valence-corrected chi connectivity index (χ4v) is 13.1. The Kier molecular flexibility index (Phi) is 10.3. The Balaban J connectivity index is 1.18. The first kappa shape index (κ1) is 37.7. The summed E-state index contributed by atoms with van der Waals surface area (Å²) in [4.78, 5) is 14.2. The molecular weight excluding hydrogens is 644 g/mol. The minimum atomic E-state index is -1.53. The predicted molar refractivity (Wildman–Crippen MR) is 196 cm³/mol. The van der Waals surface area contributed by atoms with E-state index in [-0.39, 0.29) is 30.2 Å². The van der Waals surface area contributed by atoms with Crippen molar-refractivity contribution in [3.63, 3.8) is 0 Å². The van der Waals surface area contributed by atoms with Gasteiger partial charge >= 0.3 is 0 Å². The maximum atomic E-state index is 14.2. The highest BCUT2D eigenvalue weighted by Crippen LogP contribution is 2.70. The van der Waals surface area contributed by atoms with Crippen molar-refractivity contribution in [3.05, 3.63) is 35.6 Å². The topological polar surface area (TPSA) is 166 Å². The van der Waals surface area contributed by atoms with E-state index in [0.29, 0.717) is 63.9 Å². The summed E-state index contributed by atoms with van der Waals surface area (Å²) < 4.78 is 6.54. The molecule has 0 spiro atoms. The van der Waals surface area contributed by atoms with Crippen LogP contribution in [0.1, 0.15) is 130 Å². The average molecular weight is 711 g/mol. The van der Waals surface area contributed by atoms with Crippen LogP contribution in [0.15, 0.2) is 35.6 Å². The molecule has 5 aliphatic carbocycles. The van der Waals surface area contributed by atoms with Crippen molar-refractivity contribution in [1.29, 1.82) is 0 Å². The lowest BCUT2D eigenvalue weighted by Gasteiger charge is -2.62. The van der Waals surface area contributed by atoms with Crippen molar-refractivity contribution >= 4 is 5.78 Å². The number of nitrogens with two attached hydrogens (primary N) is 1. The molecule has 51 heavy (non-hydrogen) atoms. The molecule has 0 radical (unpaired) electrons. The second-order valence-electron chi connectivity index (χ2n) is 18.4. The molecule has 2 aliphatic heterocycles. The lowest BCUT2D eigenvalue weighted by molar-refractivity contribution is -0.248. The van der Waals surface area contributed by atoms with Gasteiger partial charge in [-0.15, -0.1) is 0 Å². The molecule has 286 valence electrons. The minimum Gasteiger partial charge on any atom is -0.390 e. The van der Waals surface area contributed by atoms with Gasteiger partial charge in [0, 0.05) is 17.5 Å². The number of carbonyl (C=O) groups is 1. The van der Waals surface area contributed by atoms with Crippen LogP contribution in [-0.2, 0) is 9.53 Å². The van der Waals surface area contributed by atoms with Gasteiger partial charge < -0.3 is 41.3 Å². The third kappa shape index (κ3) is 5.95. The van der Waals surface area contributed by atoms with Crippen LogP contribution in [0.5, 0.6) is 0 Å². The average Bonchev–Trinajstić information content (AvgIpc) is 3.58. The predicted octanol–water partition coefficient (Wildman–Crippen LogP) is 4.94. The fraction of sp³-hybridized carbons (Fsp3) is 0.833. The standard InChI is InChI=1S/C42H66N2O7/c1-4-5-6-7-10-27-25-51-37-28(27)11-8-9-17-42(37,50)39(3,48)35-16-20-41(49)30-21-32(45)31-22-33(46)34(47)23-40(31,29(30)15-18-38(35,41)2)19-14-26-12-13-36(43)44-24-26/h12-13,21,24,27-29,31,33-37,44,46-50H,4-11,14-20,22-23,25,43H2,1-3H3. The van der Waals surface area contributed by atoms with Gasteiger partial charge in [0.15, 0.2) is 5.78 Å². The number of allylic oxidation sites excluding steroid dienone is 3. The van der Waals surface area contributed by atoms with Gasteiger partial charge in [-0.25, -0.2) is 0 Å².